The summed E-state index contributed by atoms with van der Waals surface area (Å²) in [6, 6.07) is -0.0284. The number of aliphatic hydroxyl groups is 1. The van der Waals surface area contributed by atoms with Crippen LogP contribution in [0.25, 0.3) is 0 Å². The van der Waals surface area contributed by atoms with E-state index >= 15 is 0 Å². The summed E-state index contributed by atoms with van der Waals surface area (Å²) in [5.74, 6) is 1.05. The third-order valence-corrected chi connectivity index (χ3v) is 3.18. The fraction of sp³-hybridized carbons (Fsp3) is 0.923. The van der Waals surface area contributed by atoms with E-state index in [4.69, 9.17) is 0 Å². The highest BCUT2D eigenvalue weighted by Crippen LogP contribution is 2.15. The van der Waals surface area contributed by atoms with E-state index in [0.717, 1.165) is 25.9 Å². The summed E-state index contributed by atoms with van der Waals surface area (Å²) in [6.07, 6.45) is 2.60. The Labute approximate surface area is 104 Å². The number of piperidine rings is 1. The number of carbonyl (C=O) groups excluding carboxylic acids is 1. The van der Waals surface area contributed by atoms with Crippen LogP contribution >= 0.6 is 0 Å². The lowest BCUT2D eigenvalue weighted by molar-refractivity contribution is 0.135. The fourth-order valence-electron chi connectivity index (χ4n) is 2.32. The molecular formula is C13H26N2O2. The van der Waals surface area contributed by atoms with Crippen LogP contribution in [0.4, 0.5) is 4.79 Å². The van der Waals surface area contributed by atoms with Gasteiger partial charge in [-0.1, -0.05) is 20.8 Å². The van der Waals surface area contributed by atoms with Gasteiger partial charge in [0, 0.05) is 19.6 Å². The first-order chi connectivity index (χ1) is 7.99. The summed E-state index contributed by atoms with van der Waals surface area (Å²) >= 11 is 0. The van der Waals surface area contributed by atoms with Crippen molar-refractivity contribution in [3.63, 3.8) is 0 Å². The number of amides is 2. The second-order valence-corrected chi connectivity index (χ2v) is 5.66. The van der Waals surface area contributed by atoms with Crippen LogP contribution in [0.5, 0.6) is 0 Å². The number of urea groups is 1. The zero-order valence-corrected chi connectivity index (χ0v) is 11.3. The van der Waals surface area contributed by atoms with Crippen LogP contribution in [0.2, 0.25) is 0 Å². The molecule has 1 aliphatic rings. The first-order valence-electron chi connectivity index (χ1n) is 6.70. The molecule has 1 fully saturated rings. The van der Waals surface area contributed by atoms with Crippen LogP contribution in [0, 0.1) is 11.8 Å². The van der Waals surface area contributed by atoms with Gasteiger partial charge in [0.15, 0.2) is 0 Å². The van der Waals surface area contributed by atoms with Crippen LogP contribution in [0.1, 0.15) is 40.0 Å². The van der Waals surface area contributed by atoms with Crippen molar-refractivity contribution in [1.82, 2.24) is 10.2 Å². The van der Waals surface area contributed by atoms with Crippen molar-refractivity contribution < 1.29 is 9.90 Å². The topological polar surface area (TPSA) is 52.6 Å². The van der Waals surface area contributed by atoms with E-state index in [0.29, 0.717) is 18.4 Å². The van der Waals surface area contributed by atoms with Gasteiger partial charge in [0.2, 0.25) is 0 Å². The second kappa shape index (κ2) is 6.84. The Balaban J connectivity index is 2.24. The van der Waals surface area contributed by atoms with Gasteiger partial charge in [0.1, 0.15) is 0 Å². The molecule has 1 rings (SSSR count). The summed E-state index contributed by atoms with van der Waals surface area (Å²) in [7, 11) is 0. The number of nitrogens with zero attached hydrogens (tertiary/aromatic N) is 1. The molecule has 4 nitrogen and oxygen atoms in total. The molecule has 17 heavy (non-hydrogen) atoms. The maximum atomic E-state index is 11.8. The Morgan fingerprint density at radius 3 is 2.82 bits per heavy atom. The van der Waals surface area contributed by atoms with Gasteiger partial charge in [-0.05, 0) is 31.1 Å². The molecule has 0 aromatic rings. The molecule has 2 N–H and O–H groups in total. The van der Waals surface area contributed by atoms with Crippen LogP contribution in [-0.4, -0.2) is 41.8 Å². The predicted octanol–water partition coefficient (Wildman–Crippen LogP) is 1.83. The Morgan fingerprint density at radius 2 is 2.24 bits per heavy atom. The highest BCUT2D eigenvalue weighted by molar-refractivity contribution is 5.74. The summed E-state index contributed by atoms with van der Waals surface area (Å²) in [4.78, 5) is 13.7. The number of rotatable bonds is 4. The Kier molecular flexibility index (Phi) is 5.75. The Morgan fingerprint density at radius 1 is 1.53 bits per heavy atom. The lowest BCUT2D eigenvalue weighted by Crippen LogP contribution is -2.46. The zero-order valence-electron chi connectivity index (χ0n) is 11.3. The van der Waals surface area contributed by atoms with Crippen molar-refractivity contribution in [1.29, 1.82) is 0 Å². The highest BCUT2D eigenvalue weighted by atomic mass is 16.3. The molecule has 1 heterocycles. The minimum absolute atomic E-state index is 0.0284. The molecule has 100 valence electrons. The minimum atomic E-state index is -0.429. The first kappa shape index (κ1) is 14.3. The van der Waals surface area contributed by atoms with E-state index in [9.17, 15) is 9.90 Å². The van der Waals surface area contributed by atoms with Gasteiger partial charge in [-0.2, -0.15) is 0 Å². The molecule has 1 saturated heterocycles. The molecule has 2 atom stereocenters. The summed E-state index contributed by atoms with van der Waals surface area (Å²) in [5.41, 5.74) is 0. The average Bonchev–Trinajstić information content (AvgIpc) is 2.25. The summed E-state index contributed by atoms with van der Waals surface area (Å²) < 4.78 is 0. The van der Waals surface area contributed by atoms with E-state index in [1.165, 1.54) is 6.42 Å². The number of aliphatic hydroxyl groups excluding tert-OH is 1. The summed E-state index contributed by atoms with van der Waals surface area (Å²) in [6.45, 7) is 8.35. The largest absolute Gasteiger partial charge is 0.391 e. The number of nitrogens with one attached hydrogen (secondary N) is 1. The van der Waals surface area contributed by atoms with E-state index in [2.05, 4.69) is 26.1 Å². The average molecular weight is 242 g/mol. The third kappa shape index (κ3) is 5.39. The van der Waals surface area contributed by atoms with Gasteiger partial charge in [0.05, 0.1) is 6.10 Å². The van der Waals surface area contributed by atoms with Gasteiger partial charge in [-0.15, -0.1) is 0 Å². The number of carbonyl (C=O) groups is 1. The molecule has 0 saturated carbocycles. The standard InChI is InChI=1S/C13H26N2O2/c1-10(2)7-12(16)8-14-13(17)15-6-4-5-11(3)9-15/h10-12,16H,4-9H2,1-3H3,(H,14,17). The van der Waals surface area contributed by atoms with Crippen LogP contribution in [0.15, 0.2) is 0 Å². The minimum Gasteiger partial charge on any atom is -0.391 e. The molecule has 0 aliphatic carbocycles. The van der Waals surface area contributed by atoms with Crippen molar-refractivity contribution in [2.24, 2.45) is 11.8 Å². The fourth-order valence-corrected chi connectivity index (χ4v) is 2.32. The van der Waals surface area contributed by atoms with Gasteiger partial charge < -0.3 is 15.3 Å². The lowest BCUT2D eigenvalue weighted by Gasteiger charge is -2.31. The van der Waals surface area contributed by atoms with E-state index < -0.39 is 6.10 Å². The van der Waals surface area contributed by atoms with Gasteiger partial charge in [0.25, 0.3) is 0 Å². The smallest absolute Gasteiger partial charge is 0.317 e. The summed E-state index contributed by atoms with van der Waals surface area (Å²) in [5, 5.41) is 12.5. The van der Waals surface area contributed by atoms with Gasteiger partial charge in [-0.25, -0.2) is 4.79 Å². The zero-order chi connectivity index (χ0) is 12.8. The van der Waals surface area contributed by atoms with E-state index in [1.807, 2.05) is 4.90 Å². The number of hydrogen-bond donors (Lipinski definition) is 2. The SMILES string of the molecule is CC(C)CC(O)CNC(=O)N1CCCC(C)C1. The maximum Gasteiger partial charge on any atom is 0.317 e. The Hall–Kier alpha value is -0.770. The lowest BCUT2D eigenvalue weighted by atomic mass is 10.0. The molecule has 0 bridgehead atoms. The van der Waals surface area contributed by atoms with Crippen LogP contribution in [0.3, 0.4) is 0 Å². The van der Waals surface area contributed by atoms with E-state index in [-0.39, 0.29) is 6.03 Å². The molecule has 0 aromatic carbocycles. The van der Waals surface area contributed by atoms with Gasteiger partial charge >= 0.3 is 6.03 Å². The Bertz CT molecular complexity index is 244. The van der Waals surface area contributed by atoms with Crippen LogP contribution in [-0.2, 0) is 0 Å². The number of hydrogen-bond acceptors (Lipinski definition) is 2. The second-order valence-electron chi connectivity index (χ2n) is 5.66. The third-order valence-electron chi connectivity index (χ3n) is 3.18. The molecule has 2 amide bonds. The first-order valence-corrected chi connectivity index (χ1v) is 6.70. The molecule has 0 aromatic heterocycles. The molecule has 4 heteroatoms. The normalized spacial score (nSPS) is 22.6. The van der Waals surface area contributed by atoms with Crippen molar-refractivity contribution in [2.45, 2.75) is 46.1 Å². The van der Waals surface area contributed by atoms with Crippen molar-refractivity contribution in [3.05, 3.63) is 0 Å². The quantitative estimate of drug-likeness (QED) is 0.790. The number of likely N-dealkylation sites (tertiary alicyclic amines) is 1. The van der Waals surface area contributed by atoms with Crippen molar-refractivity contribution in [2.75, 3.05) is 19.6 Å². The highest BCUT2D eigenvalue weighted by Gasteiger charge is 2.21. The molecule has 1 aliphatic heterocycles. The predicted molar refractivity (Wildman–Crippen MR) is 68.8 cm³/mol. The van der Waals surface area contributed by atoms with Gasteiger partial charge in [-0.3, -0.25) is 0 Å². The van der Waals surface area contributed by atoms with Crippen molar-refractivity contribution in [3.8, 4) is 0 Å². The molecule has 2 unspecified atom stereocenters. The molecular weight excluding hydrogens is 216 g/mol. The van der Waals surface area contributed by atoms with Crippen molar-refractivity contribution >= 4 is 6.03 Å². The monoisotopic (exact) mass is 242 g/mol. The molecule has 0 spiro atoms. The van der Waals surface area contributed by atoms with E-state index in [1.54, 1.807) is 0 Å². The molecule has 0 radical (unpaired) electrons. The van der Waals surface area contributed by atoms with Crippen LogP contribution < -0.4 is 5.32 Å². The maximum absolute atomic E-state index is 11.8.